The van der Waals surface area contributed by atoms with Gasteiger partial charge in [0.15, 0.2) is 0 Å². The largest absolute Gasteiger partial charge is 0.460 e. The number of esters is 1. The van der Waals surface area contributed by atoms with Crippen molar-refractivity contribution in [3.05, 3.63) is 0 Å². The summed E-state index contributed by atoms with van der Waals surface area (Å²) in [6.45, 7) is 10.8. The molecule has 0 spiro atoms. The summed E-state index contributed by atoms with van der Waals surface area (Å²) in [6, 6.07) is 0. The third-order valence-electron chi connectivity index (χ3n) is 2.19. The highest BCUT2D eigenvalue weighted by molar-refractivity contribution is 5.69. The van der Waals surface area contributed by atoms with Crippen LogP contribution in [0.1, 0.15) is 53.9 Å². The molecule has 4 heteroatoms. The lowest BCUT2D eigenvalue weighted by Gasteiger charge is -2.26. The number of carbonyl (C=O) groups is 1. The van der Waals surface area contributed by atoms with E-state index in [0.29, 0.717) is 26.0 Å². The monoisotopic (exact) mass is 245 g/mol. The van der Waals surface area contributed by atoms with E-state index in [0.717, 1.165) is 6.42 Å². The van der Waals surface area contributed by atoms with Gasteiger partial charge >= 0.3 is 5.97 Å². The summed E-state index contributed by atoms with van der Waals surface area (Å²) >= 11 is 0. The van der Waals surface area contributed by atoms with Gasteiger partial charge in [-0.1, -0.05) is 0 Å². The van der Waals surface area contributed by atoms with Crippen molar-refractivity contribution in [2.75, 3.05) is 13.2 Å². The summed E-state index contributed by atoms with van der Waals surface area (Å²) in [5, 5.41) is 0. The highest BCUT2D eigenvalue weighted by atomic mass is 16.6. The van der Waals surface area contributed by atoms with E-state index in [1.807, 2.05) is 34.6 Å². The first-order valence-corrected chi connectivity index (χ1v) is 6.22. The van der Waals surface area contributed by atoms with E-state index in [9.17, 15) is 4.79 Å². The molecule has 17 heavy (non-hydrogen) atoms. The first kappa shape index (κ1) is 16.4. The lowest BCUT2D eigenvalue weighted by atomic mass is 10.0. The molecule has 0 unspecified atom stereocenters. The molecular weight excluding hydrogens is 218 g/mol. The van der Waals surface area contributed by atoms with Crippen LogP contribution in [0, 0.1) is 0 Å². The molecule has 0 aromatic heterocycles. The lowest BCUT2D eigenvalue weighted by molar-refractivity contribution is -0.156. The number of rotatable bonds is 7. The van der Waals surface area contributed by atoms with Crippen LogP contribution in [-0.4, -0.2) is 30.3 Å². The van der Waals surface area contributed by atoms with Gasteiger partial charge in [0, 0.05) is 13.0 Å². The maximum Gasteiger partial charge on any atom is 0.306 e. The Balaban J connectivity index is 3.88. The fourth-order valence-corrected chi connectivity index (χ4v) is 1.30. The van der Waals surface area contributed by atoms with E-state index in [1.165, 1.54) is 0 Å². The standard InChI is InChI=1S/C13H27NO3/c1-12(2,3)17-11(15)7-8-13(4,5)16-10-6-9-14/h6-10,14H2,1-5H3. The Kier molecular flexibility index (Phi) is 6.72. The van der Waals surface area contributed by atoms with Crippen LogP contribution in [-0.2, 0) is 14.3 Å². The van der Waals surface area contributed by atoms with Crippen molar-refractivity contribution in [2.24, 2.45) is 5.73 Å². The van der Waals surface area contributed by atoms with Crippen LogP contribution >= 0.6 is 0 Å². The van der Waals surface area contributed by atoms with Crippen LogP contribution in [0.5, 0.6) is 0 Å². The van der Waals surface area contributed by atoms with E-state index in [2.05, 4.69) is 0 Å². The van der Waals surface area contributed by atoms with Crippen molar-refractivity contribution in [1.82, 2.24) is 0 Å². The minimum Gasteiger partial charge on any atom is -0.460 e. The zero-order valence-electron chi connectivity index (χ0n) is 11.8. The second-order valence-corrected chi connectivity index (χ2v) is 5.84. The van der Waals surface area contributed by atoms with Gasteiger partial charge < -0.3 is 15.2 Å². The van der Waals surface area contributed by atoms with Gasteiger partial charge in [0.25, 0.3) is 0 Å². The van der Waals surface area contributed by atoms with Crippen LogP contribution in [0.2, 0.25) is 0 Å². The number of ether oxygens (including phenoxy) is 2. The molecule has 0 fully saturated rings. The molecule has 0 aromatic rings. The molecule has 0 aliphatic heterocycles. The van der Waals surface area contributed by atoms with Crippen molar-refractivity contribution in [3.63, 3.8) is 0 Å². The molecule has 2 N–H and O–H groups in total. The molecule has 0 aliphatic carbocycles. The van der Waals surface area contributed by atoms with Gasteiger partial charge in [-0.25, -0.2) is 0 Å². The SMILES string of the molecule is CC(C)(C)OC(=O)CCC(C)(C)OCCCN. The van der Waals surface area contributed by atoms with Crippen LogP contribution in [0.4, 0.5) is 0 Å². The van der Waals surface area contributed by atoms with Crippen LogP contribution in [0.15, 0.2) is 0 Å². The van der Waals surface area contributed by atoms with Gasteiger partial charge in [-0.15, -0.1) is 0 Å². The van der Waals surface area contributed by atoms with Crippen molar-refractivity contribution in [3.8, 4) is 0 Å². The summed E-state index contributed by atoms with van der Waals surface area (Å²) in [6.07, 6.45) is 1.88. The van der Waals surface area contributed by atoms with Gasteiger partial charge in [-0.05, 0) is 54.0 Å². The van der Waals surface area contributed by atoms with E-state index in [-0.39, 0.29) is 11.6 Å². The average Bonchev–Trinajstić information content (AvgIpc) is 2.13. The Morgan fingerprint density at radius 3 is 2.24 bits per heavy atom. The number of hydrogen-bond donors (Lipinski definition) is 1. The molecule has 0 saturated heterocycles. The lowest BCUT2D eigenvalue weighted by Crippen LogP contribution is -2.29. The molecule has 0 rings (SSSR count). The second-order valence-electron chi connectivity index (χ2n) is 5.84. The zero-order chi connectivity index (χ0) is 13.5. The van der Waals surface area contributed by atoms with Crippen LogP contribution < -0.4 is 5.73 Å². The number of hydrogen-bond acceptors (Lipinski definition) is 4. The maximum atomic E-state index is 11.5. The Labute approximate surface area is 105 Å². The predicted molar refractivity (Wildman–Crippen MR) is 68.8 cm³/mol. The van der Waals surface area contributed by atoms with E-state index >= 15 is 0 Å². The van der Waals surface area contributed by atoms with E-state index < -0.39 is 5.60 Å². The molecule has 102 valence electrons. The minimum absolute atomic E-state index is 0.173. The summed E-state index contributed by atoms with van der Waals surface area (Å²) < 4.78 is 10.9. The fraction of sp³-hybridized carbons (Fsp3) is 0.923. The molecule has 0 saturated carbocycles. The molecular formula is C13H27NO3. The predicted octanol–water partition coefficient (Wildman–Crippen LogP) is 2.25. The van der Waals surface area contributed by atoms with E-state index in [4.69, 9.17) is 15.2 Å². The third-order valence-corrected chi connectivity index (χ3v) is 2.19. The van der Waals surface area contributed by atoms with Crippen LogP contribution in [0.3, 0.4) is 0 Å². The molecule has 0 bridgehead atoms. The van der Waals surface area contributed by atoms with Gasteiger partial charge in [0.2, 0.25) is 0 Å². The Morgan fingerprint density at radius 1 is 1.18 bits per heavy atom. The number of carbonyl (C=O) groups excluding carboxylic acids is 1. The second kappa shape index (κ2) is 6.97. The van der Waals surface area contributed by atoms with E-state index in [1.54, 1.807) is 0 Å². The van der Waals surface area contributed by atoms with Gasteiger partial charge in [0.1, 0.15) is 5.60 Å². The third kappa shape index (κ3) is 10.3. The Morgan fingerprint density at radius 2 is 1.76 bits per heavy atom. The minimum atomic E-state index is -0.415. The summed E-state index contributed by atoms with van der Waals surface area (Å²) in [4.78, 5) is 11.5. The highest BCUT2D eigenvalue weighted by Crippen LogP contribution is 2.18. The first-order valence-electron chi connectivity index (χ1n) is 6.22. The Hall–Kier alpha value is -0.610. The normalized spacial score (nSPS) is 12.6. The zero-order valence-corrected chi connectivity index (χ0v) is 11.8. The molecule has 0 heterocycles. The summed E-state index contributed by atoms with van der Waals surface area (Å²) in [5.74, 6) is -0.173. The topological polar surface area (TPSA) is 61.5 Å². The smallest absolute Gasteiger partial charge is 0.306 e. The van der Waals surface area contributed by atoms with Gasteiger partial charge in [-0.3, -0.25) is 4.79 Å². The van der Waals surface area contributed by atoms with Crippen molar-refractivity contribution >= 4 is 5.97 Å². The van der Waals surface area contributed by atoms with Crippen molar-refractivity contribution in [2.45, 2.75) is 65.1 Å². The molecule has 0 aliphatic rings. The fourth-order valence-electron chi connectivity index (χ4n) is 1.30. The summed E-state index contributed by atoms with van der Waals surface area (Å²) in [5.41, 5.74) is 4.68. The number of nitrogens with two attached hydrogens (primary N) is 1. The Bertz CT molecular complexity index is 231. The van der Waals surface area contributed by atoms with Crippen molar-refractivity contribution < 1.29 is 14.3 Å². The highest BCUT2D eigenvalue weighted by Gasteiger charge is 2.22. The van der Waals surface area contributed by atoms with Gasteiger partial charge in [-0.2, -0.15) is 0 Å². The van der Waals surface area contributed by atoms with Crippen molar-refractivity contribution in [1.29, 1.82) is 0 Å². The quantitative estimate of drug-likeness (QED) is 0.552. The maximum absolute atomic E-state index is 11.5. The summed E-state index contributed by atoms with van der Waals surface area (Å²) in [7, 11) is 0. The molecule has 4 nitrogen and oxygen atoms in total. The molecule has 0 aromatic carbocycles. The molecule has 0 atom stereocenters. The molecule has 0 amide bonds. The first-order chi connectivity index (χ1) is 7.66. The van der Waals surface area contributed by atoms with Crippen LogP contribution in [0.25, 0.3) is 0 Å². The van der Waals surface area contributed by atoms with Gasteiger partial charge in [0.05, 0.1) is 5.60 Å². The average molecular weight is 245 g/mol. The molecule has 0 radical (unpaired) electrons.